The molecule has 4 aromatic rings. The molecule has 0 spiro atoms. The second-order valence-electron chi connectivity index (χ2n) is 5.64. The molecule has 9 heteroatoms. The minimum atomic E-state index is -1.13. The molecule has 0 aliphatic heterocycles. The molecule has 9 nitrogen and oxygen atoms in total. The van der Waals surface area contributed by atoms with Crippen LogP contribution >= 0.6 is 0 Å². The molecule has 4 rings (SSSR count). The van der Waals surface area contributed by atoms with E-state index in [1.807, 2.05) is 0 Å². The number of amides is 1. The Labute approximate surface area is 147 Å². The summed E-state index contributed by atoms with van der Waals surface area (Å²) < 4.78 is 12.7. The number of furan rings is 1. The maximum atomic E-state index is 11.7. The van der Waals surface area contributed by atoms with Crippen LogP contribution in [0.2, 0.25) is 0 Å². The van der Waals surface area contributed by atoms with Gasteiger partial charge in [0.05, 0.1) is 18.7 Å². The molecule has 0 bridgehead atoms. The number of aliphatic hydroxyl groups excluding tert-OH is 1. The zero-order valence-electron chi connectivity index (χ0n) is 14.0. The number of carbonyl (C=O) groups excluding carboxylic acids is 1. The number of carbonyl (C=O) groups is 1. The lowest BCUT2D eigenvalue weighted by Crippen LogP contribution is -2.25. The Bertz CT molecular complexity index is 1110. The molecule has 0 aliphatic rings. The standard InChI is InChI=1S/C17H15N5O4/c1-9(23)16(24)20-14-3-4-15-19-8-11(22(15)21-14)13-7-10-12(26-13)5-6-18-17(10)25-2/h3-9,23H,1-2H3,(H,20,21,24). The first-order chi connectivity index (χ1) is 12.6. The molecule has 2 N–H and O–H groups in total. The maximum Gasteiger partial charge on any atom is 0.254 e. The van der Waals surface area contributed by atoms with Crippen LogP contribution in [0.3, 0.4) is 0 Å². The predicted octanol–water partition coefficient (Wildman–Crippen LogP) is 1.87. The van der Waals surface area contributed by atoms with E-state index in [0.717, 1.165) is 5.39 Å². The van der Waals surface area contributed by atoms with E-state index in [9.17, 15) is 9.90 Å². The molecule has 1 unspecified atom stereocenters. The van der Waals surface area contributed by atoms with Crippen LogP contribution in [0.25, 0.3) is 28.1 Å². The SMILES string of the molecule is COc1nccc2oc(-c3cnc4ccc(NC(=O)C(C)O)nn34)cc12. The van der Waals surface area contributed by atoms with E-state index in [2.05, 4.69) is 20.4 Å². The summed E-state index contributed by atoms with van der Waals surface area (Å²) >= 11 is 0. The Morgan fingerprint density at radius 3 is 2.96 bits per heavy atom. The highest BCUT2D eigenvalue weighted by Gasteiger charge is 2.16. The third-order valence-corrected chi connectivity index (χ3v) is 3.85. The van der Waals surface area contributed by atoms with Crippen LogP contribution in [-0.4, -0.2) is 43.8 Å². The summed E-state index contributed by atoms with van der Waals surface area (Å²) in [6.45, 7) is 1.38. The van der Waals surface area contributed by atoms with Gasteiger partial charge in [0.15, 0.2) is 17.2 Å². The molecule has 4 heterocycles. The van der Waals surface area contributed by atoms with Gasteiger partial charge in [-0.25, -0.2) is 14.5 Å². The lowest BCUT2D eigenvalue weighted by Gasteiger charge is -2.06. The Hall–Kier alpha value is -3.46. The van der Waals surface area contributed by atoms with Crippen molar-refractivity contribution in [2.75, 3.05) is 12.4 Å². The van der Waals surface area contributed by atoms with Gasteiger partial charge in [0.25, 0.3) is 5.91 Å². The Kier molecular flexibility index (Phi) is 3.77. The smallest absolute Gasteiger partial charge is 0.254 e. The third kappa shape index (κ3) is 2.64. The molecule has 132 valence electrons. The van der Waals surface area contributed by atoms with Crippen molar-refractivity contribution in [3.63, 3.8) is 0 Å². The molecule has 1 atom stereocenters. The number of fused-ring (bicyclic) bond motifs is 2. The molecular formula is C17H15N5O4. The van der Waals surface area contributed by atoms with Crippen molar-refractivity contribution in [1.29, 1.82) is 0 Å². The van der Waals surface area contributed by atoms with Crippen molar-refractivity contribution in [2.45, 2.75) is 13.0 Å². The number of aliphatic hydroxyl groups is 1. The van der Waals surface area contributed by atoms with E-state index in [0.29, 0.717) is 28.6 Å². The molecule has 0 saturated carbocycles. The summed E-state index contributed by atoms with van der Waals surface area (Å²) in [6.07, 6.45) is 2.09. The van der Waals surface area contributed by atoms with Gasteiger partial charge in [-0.2, -0.15) is 0 Å². The van der Waals surface area contributed by atoms with Crippen LogP contribution in [-0.2, 0) is 4.79 Å². The molecule has 0 fully saturated rings. The molecule has 0 aromatic carbocycles. The lowest BCUT2D eigenvalue weighted by atomic mass is 10.3. The first-order valence-electron chi connectivity index (χ1n) is 7.83. The monoisotopic (exact) mass is 353 g/mol. The average Bonchev–Trinajstić information content (AvgIpc) is 3.24. The van der Waals surface area contributed by atoms with Crippen LogP contribution in [0, 0.1) is 0 Å². The number of aromatic nitrogens is 4. The zero-order chi connectivity index (χ0) is 18.3. The maximum absolute atomic E-state index is 11.7. The number of hydrogen-bond donors (Lipinski definition) is 2. The van der Waals surface area contributed by atoms with E-state index in [1.165, 1.54) is 6.92 Å². The fraction of sp³-hybridized carbons (Fsp3) is 0.176. The van der Waals surface area contributed by atoms with Gasteiger partial charge in [-0.15, -0.1) is 5.10 Å². The highest BCUT2D eigenvalue weighted by Crippen LogP contribution is 2.32. The number of nitrogens with one attached hydrogen (secondary N) is 1. The highest BCUT2D eigenvalue weighted by molar-refractivity contribution is 5.93. The first kappa shape index (κ1) is 16.0. The molecule has 1 amide bonds. The fourth-order valence-corrected chi connectivity index (χ4v) is 2.57. The van der Waals surface area contributed by atoms with Crippen LogP contribution in [0.1, 0.15) is 6.92 Å². The lowest BCUT2D eigenvalue weighted by molar-refractivity contribution is -0.123. The van der Waals surface area contributed by atoms with Crippen molar-refractivity contribution in [1.82, 2.24) is 19.6 Å². The topological polar surface area (TPSA) is 115 Å². The Morgan fingerprint density at radius 1 is 1.35 bits per heavy atom. The summed E-state index contributed by atoms with van der Waals surface area (Å²) in [5.41, 5.74) is 1.81. The molecule has 0 saturated heterocycles. The van der Waals surface area contributed by atoms with E-state index >= 15 is 0 Å². The van der Waals surface area contributed by atoms with Gasteiger partial charge in [0.1, 0.15) is 17.4 Å². The number of methoxy groups -OCH3 is 1. The van der Waals surface area contributed by atoms with Crippen LogP contribution in [0.4, 0.5) is 5.82 Å². The quantitative estimate of drug-likeness (QED) is 0.575. The van der Waals surface area contributed by atoms with E-state index in [4.69, 9.17) is 9.15 Å². The van der Waals surface area contributed by atoms with Crippen LogP contribution in [0.15, 0.2) is 41.1 Å². The van der Waals surface area contributed by atoms with Crippen molar-refractivity contribution in [3.05, 3.63) is 36.7 Å². The summed E-state index contributed by atoms with van der Waals surface area (Å²) in [5.74, 6) is 0.741. The molecule has 0 aliphatic carbocycles. The third-order valence-electron chi connectivity index (χ3n) is 3.85. The van der Waals surface area contributed by atoms with Crippen molar-refractivity contribution >= 4 is 28.3 Å². The Balaban J connectivity index is 1.80. The van der Waals surface area contributed by atoms with Gasteiger partial charge in [-0.05, 0) is 25.1 Å². The largest absolute Gasteiger partial charge is 0.480 e. The van der Waals surface area contributed by atoms with Crippen molar-refractivity contribution in [3.8, 4) is 17.3 Å². The van der Waals surface area contributed by atoms with Gasteiger partial charge in [0.2, 0.25) is 5.88 Å². The Morgan fingerprint density at radius 2 is 2.19 bits per heavy atom. The highest BCUT2D eigenvalue weighted by atomic mass is 16.5. The summed E-state index contributed by atoms with van der Waals surface area (Å²) in [6, 6.07) is 6.86. The van der Waals surface area contributed by atoms with Crippen LogP contribution < -0.4 is 10.1 Å². The number of hydrogen-bond acceptors (Lipinski definition) is 7. The normalized spacial score (nSPS) is 12.4. The summed E-state index contributed by atoms with van der Waals surface area (Å²) in [4.78, 5) is 20.1. The van der Waals surface area contributed by atoms with E-state index in [-0.39, 0.29) is 5.82 Å². The van der Waals surface area contributed by atoms with E-state index < -0.39 is 12.0 Å². The van der Waals surface area contributed by atoms with Gasteiger partial charge in [-0.3, -0.25) is 4.79 Å². The van der Waals surface area contributed by atoms with Crippen molar-refractivity contribution < 1.29 is 19.1 Å². The minimum Gasteiger partial charge on any atom is -0.480 e. The van der Waals surface area contributed by atoms with Crippen molar-refractivity contribution in [2.24, 2.45) is 0 Å². The summed E-state index contributed by atoms with van der Waals surface area (Å²) in [7, 11) is 1.54. The van der Waals surface area contributed by atoms with Gasteiger partial charge in [0, 0.05) is 12.3 Å². The number of ether oxygens (including phenoxy) is 1. The number of anilines is 1. The predicted molar refractivity (Wildman–Crippen MR) is 92.9 cm³/mol. The second kappa shape index (κ2) is 6.12. The van der Waals surface area contributed by atoms with Crippen LogP contribution in [0.5, 0.6) is 5.88 Å². The molecule has 0 radical (unpaired) electrons. The van der Waals surface area contributed by atoms with Gasteiger partial charge in [-0.1, -0.05) is 0 Å². The molecular weight excluding hydrogens is 338 g/mol. The van der Waals surface area contributed by atoms with Gasteiger partial charge < -0.3 is 19.6 Å². The number of rotatable bonds is 4. The number of pyridine rings is 1. The first-order valence-corrected chi connectivity index (χ1v) is 7.83. The van der Waals surface area contributed by atoms with Gasteiger partial charge >= 0.3 is 0 Å². The second-order valence-corrected chi connectivity index (χ2v) is 5.64. The number of imidazole rings is 1. The van der Waals surface area contributed by atoms with E-state index in [1.54, 1.807) is 48.3 Å². The summed E-state index contributed by atoms with van der Waals surface area (Å²) in [5, 5.41) is 16.9. The zero-order valence-corrected chi connectivity index (χ0v) is 14.0. The number of nitrogens with zero attached hydrogens (tertiary/aromatic N) is 4. The minimum absolute atomic E-state index is 0.290. The average molecular weight is 353 g/mol. The molecule has 26 heavy (non-hydrogen) atoms. The fourth-order valence-electron chi connectivity index (χ4n) is 2.57. The molecule has 4 aromatic heterocycles.